The number of halogens is 1. The Hall–Kier alpha value is -2.39. The fourth-order valence-electron chi connectivity index (χ4n) is 3.12. The summed E-state index contributed by atoms with van der Waals surface area (Å²) >= 11 is 0. The molecule has 0 aliphatic rings. The molecule has 7 heteroatoms. The zero-order valence-electron chi connectivity index (χ0n) is 17.5. The number of aliphatic imine (C=N–C) groups is 1. The predicted octanol–water partition coefficient (Wildman–Crippen LogP) is 3.49. The molecule has 3 rings (SSSR count). The summed E-state index contributed by atoms with van der Waals surface area (Å²) in [6.45, 7) is 3.83. The molecule has 0 bridgehead atoms. The van der Waals surface area contributed by atoms with E-state index in [1.54, 1.807) is 0 Å². The van der Waals surface area contributed by atoms with Crippen LogP contribution in [0.25, 0.3) is 5.69 Å². The molecule has 0 saturated heterocycles. The minimum atomic E-state index is -0.514. The number of nitrogens with zero attached hydrogens (tertiary/aromatic N) is 4. The maximum absolute atomic E-state index is 10.4. The smallest absolute Gasteiger partial charge is 0.194 e. The Bertz CT molecular complexity index is 898. The molecule has 0 amide bonds. The number of benzene rings is 2. The van der Waals surface area contributed by atoms with Gasteiger partial charge in [-0.2, -0.15) is 5.10 Å². The van der Waals surface area contributed by atoms with Crippen LogP contribution in [0.15, 0.2) is 78.0 Å². The van der Waals surface area contributed by atoms with Gasteiger partial charge in [0.25, 0.3) is 0 Å². The van der Waals surface area contributed by atoms with Gasteiger partial charge in [0.1, 0.15) is 0 Å². The number of aromatic nitrogens is 2. The zero-order valence-corrected chi connectivity index (χ0v) is 19.8. The molecule has 0 fully saturated rings. The molecular weight excluding hydrogens is 489 g/mol. The number of hydrogen-bond acceptors (Lipinski definition) is 3. The highest BCUT2D eigenvalue weighted by atomic mass is 127. The first-order valence-electron chi connectivity index (χ1n) is 9.96. The van der Waals surface area contributed by atoms with E-state index in [-0.39, 0.29) is 24.0 Å². The lowest BCUT2D eigenvalue weighted by Crippen LogP contribution is -2.39. The Balaban J connectivity index is 0.00000320. The number of para-hydroxylation sites is 1. The summed E-state index contributed by atoms with van der Waals surface area (Å²) in [4.78, 5) is 6.67. The molecular formula is C23H30IN5O. The average Bonchev–Trinajstić information content (AvgIpc) is 3.21. The molecule has 3 aromatic rings. The highest BCUT2D eigenvalue weighted by Gasteiger charge is 2.11. The van der Waals surface area contributed by atoms with E-state index in [4.69, 9.17) is 0 Å². The number of rotatable bonds is 8. The fraction of sp³-hybridized carbons (Fsp3) is 0.304. The van der Waals surface area contributed by atoms with Crippen molar-refractivity contribution in [3.05, 3.63) is 84.2 Å². The normalized spacial score (nSPS) is 12.2. The van der Waals surface area contributed by atoms with E-state index in [1.165, 1.54) is 0 Å². The van der Waals surface area contributed by atoms with Crippen LogP contribution in [0.4, 0.5) is 0 Å². The molecule has 1 atom stereocenters. The summed E-state index contributed by atoms with van der Waals surface area (Å²) in [5, 5.41) is 18.1. The second kappa shape index (κ2) is 12.3. The second-order valence-electron chi connectivity index (χ2n) is 7.02. The van der Waals surface area contributed by atoms with Gasteiger partial charge in [0.15, 0.2) is 5.96 Å². The standard InChI is InChI=1S/C23H29N5O.HI/c1-3-24-23(25-16-22(29)14-19-10-6-4-7-11-19)27(2)17-20-15-26-28(18-20)21-12-8-5-9-13-21;/h4-13,15,18,22,29H,3,14,16-17H2,1-2H3,(H,24,25);1H. The van der Waals surface area contributed by atoms with Crippen LogP contribution in [0.2, 0.25) is 0 Å². The van der Waals surface area contributed by atoms with Gasteiger partial charge >= 0.3 is 0 Å². The van der Waals surface area contributed by atoms with E-state index in [2.05, 4.69) is 15.4 Å². The summed E-state index contributed by atoms with van der Waals surface area (Å²) in [7, 11) is 1.99. The molecule has 0 aliphatic carbocycles. The topological polar surface area (TPSA) is 65.7 Å². The van der Waals surface area contributed by atoms with Gasteiger partial charge in [-0.25, -0.2) is 4.68 Å². The van der Waals surface area contributed by atoms with Crippen LogP contribution >= 0.6 is 24.0 Å². The average molecular weight is 519 g/mol. The van der Waals surface area contributed by atoms with Crippen molar-refractivity contribution in [2.24, 2.45) is 4.99 Å². The maximum Gasteiger partial charge on any atom is 0.194 e. The Labute approximate surface area is 195 Å². The Morgan fingerprint density at radius 3 is 2.43 bits per heavy atom. The third-order valence-corrected chi connectivity index (χ3v) is 4.54. The van der Waals surface area contributed by atoms with Crippen molar-refractivity contribution in [2.75, 3.05) is 20.1 Å². The molecule has 30 heavy (non-hydrogen) atoms. The molecule has 0 saturated carbocycles. The monoisotopic (exact) mass is 519 g/mol. The summed E-state index contributed by atoms with van der Waals surface area (Å²) in [5.74, 6) is 0.770. The van der Waals surface area contributed by atoms with E-state index >= 15 is 0 Å². The Morgan fingerprint density at radius 1 is 1.10 bits per heavy atom. The highest BCUT2D eigenvalue weighted by molar-refractivity contribution is 14.0. The van der Waals surface area contributed by atoms with E-state index in [0.717, 1.165) is 29.3 Å². The van der Waals surface area contributed by atoms with Gasteiger partial charge in [-0.15, -0.1) is 24.0 Å². The molecule has 6 nitrogen and oxygen atoms in total. The van der Waals surface area contributed by atoms with Crippen LogP contribution in [0.5, 0.6) is 0 Å². The number of aliphatic hydroxyl groups is 1. The van der Waals surface area contributed by atoms with Crippen LogP contribution < -0.4 is 5.32 Å². The van der Waals surface area contributed by atoms with Gasteiger partial charge in [0.05, 0.1) is 24.5 Å². The third-order valence-electron chi connectivity index (χ3n) is 4.54. The lowest BCUT2D eigenvalue weighted by Gasteiger charge is -2.22. The molecule has 0 aliphatic heterocycles. The van der Waals surface area contributed by atoms with Crippen molar-refractivity contribution >= 4 is 29.9 Å². The Morgan fingerprint density at radius 2 is 1.77 bits per heavy atom. The molecule has 160 valence electrons. The van der Waals surface area contributed by atoms with Crippen molar-refractivity contribution < 1.29 is 5.11 Å². The van der Waals surface area contributed by atoms with E-state index in [9.17, 15) is 5.11 Å². The number of guanidine groups is 1. The number of nitrogens with one attached hydrogen (secondary N) is 1. The summed E-state index contributed by atoms with van der Waals surface area (Å²) in [6.07, 6.45) is 3.98. The third kappa shape index (κ3) is 7.14. The number of aliphatic hydroxyl groups excluding tert-OH is 1. The van der Waals surface area contributed by atoms with Crippen LogP contribution in [0.3, 0.4) is 0 Å². The molecule has 2 N–H and O–H groups in total. The van der Waals surface area contributed by atoms with Crippen LogP contribution in [-0.2, 0) is 13.0 Å². The summed E-state index contributed by atoms with van der Waals surface area (Å²) < 4.78 is 1.87. The zero-order chi connectivity index (χ0) is 20.5. The van der Waals surface area contributed by atoms with Gasteiger partial charge in [-0.3, -0.25) is 4.99 Å². The van der Waals surface area contributed by atoms with Crippen molar-refractivity contribution in [2.45, 2.75) is 26.0 Å². The van der Waals surface area contributed by atoms with Gasteiger partial charge < -0.3 is 15.3 Å². The first kappa shape index (κ1) is 23.9. The summed E-state index contributed by atoms with van der Waals surface area (Å²) in [6, 6.07) is 20.0. The first-order chi connectivity index (χ1) is 14.2. The van der Waals surface area contributed by atoms with Gasteiger partial charge in [-0.1, -0.05) is 48.5 Å². The van der Waals surface area contributed by atoms with Gasteiger partial charge in [-0.05, 0) is 24.6 Å². The van der Waals surface area contributed by atoms with Crippen LogP contribution in [-0.4, -0.2) is 52.0 Å². The SMILES string of the molecule is CCNC(=NCC(O)Cc1ccccc1)N(C)Cc1cnn(-c2ccccc2)c1.I. The van der Waals surface area contributed by atoms with Crippen molar-refractivity contribution in [1.82, 2.24) is 20.0 Å². The fourth-order valence-corrected chi connectivity index (χ4v) is 3.12. The molecule has 1 unspecified atom stereocenters. The maximum atomic E-state index is 10.4. The van der Waals surface area contributed by atoms with Gasteiger partial charge in [0, 0.05) is 38.3 Å². The predicted molar refractivity (Wildman–Crippen MR) is 133 cm³/mol. The largest absolute Gasteiger partial charge is 0.391 e. The lowest BCUT2D eigenvalue weighted by atomic mass is 10.1. The molecule has 1 heterocycles. The van der Waals surface area contributed by atoms with Gasteiger partial charge in [0.2, 0.25) is 0 Å². The quantitative estimate of drug-likeness (QED) is 0.272. The van der Waals surface area contributed by atoms with Crippen molar-refractivity contribution in [3.63, 3.8) is 0 Å². The molecule has 2 aromatic carbocycles. The van der Waals surface area contributed by atoms with E-state index in [1.807, 2.05) is 96.6 Å². The molecule has 0 radical (unpaired) electrons. The van der Waals surface area contributed by atoms with Crippen LogP contribution in [0.1, 0.15) is 18.1 Å². The minimum absolute atomic E-state index is 0. The lowest BCUT2D eigenvalue weighted by molar-refractivity contribution is 0.183. The molecule has 1 aromatic heterocycles. The van der Waals surface area contributed by atoms with E-state index < -0.39 is 6.10 Å². The van der Waals surface area contributed by atoms with Crippen LogP contribution in [0, 0.1) is 0 Å². The highest BCUT2D eigenvalue weighted by Crippen LogP contribution is 2.09. The Kier molecular flexibility index (Phi) is 9.82. The second-order valence-corrected chi connectivity index (χ2v) is 7.02. The summed E-state index contributed by atoms with van der Waals surface area (Å²) in [5.41, 5.74) is 3.24. The van der Waals surface area contributed by atoms with E-state index in [0.29, 0.717) is 19.5 Å². The van der Waals surface area contributed by atoms with Crippen molar-refractivity contribution in [3.8, 4) is 5.69 Å². The molecule has 0 spiro atoms. The minimum Gasteiger partial charge on any atom is -0.391 e. The van der Waals surface area contributed by atoms with Crippen molar-refractivity contribution in [1.29, 1.82) is 0 Å². The first-order valence-corrected chi connectivity index (χ1v) is 9.96. The number of hydrogen-bond donors (Lipinski definition) is 2.